The van der Waals surface area contributed by atoms with Crippen molar-refractivity contribution < 1.29 is 18.8 Å². The number of aryl methyl sites for hydroxylation is 1. The number of nitrogens with zero attached hydrogens (tertiary/aromatic N) is 3. The van der Waals surface area contributed by atoms with E-state index in [0.717, 1.165) is 30.5 Å². The van der Waals surface area contributed by atoms with Crippen LogP contribution in [0.25, 0.3) is 11.4 Å². The van der Waals surface area contributed by atoms with Gasteiger partial charge < -0.3 is 14.6 Å². The van der Waals surface area contributed by atoms with E-state index in [1.807, 2.05) is 25.1 Å². The molecular weight excluding hydrogens is 456 g/mol. The topological polar surface area (TPSA) is 97.6 Å². The van der Waals surface area contributed by atoms with Gasteiger partial charge in [0.25, 0.3) is 0 Å². The van der Waals surface area contributed by atoms with E-state index >= 15 is 0 Å². The Bertz CT molecular complexity index is 1180. The Morgan fingerprint density at radius 2 is 2.12 bits per heavy atom. The fourth-order valence-electron chi connectivity index (χ4n) is 4.00. The summed E-state index contributed by atoms with van der Waals surface area (Å²) in [7, 11) is 0. The molecule has 1 saturated heterocycles. The maximum atomic E-state index is 13.0. The van der Waals surface area contributed by atoms with Crippen LogP contribution < -0.4 is 5.32 Å². The second-order valence-corrected chi connectivity index (χ2v) is 8.77. The zero-order valence-corrected chi connectivity index (χ0v) is 20.0. The van der Waals surface area contributed by atoms with E-state index in [1.54, 1.807) is 31.2 Å². The number of aromatic nitrogens is 2. The number of hydrogen-bond acceptors (Lipinski definition) is 7. The van der Waals surface area contributed by atoms with Gasteiger partial charge in [-0.3, -0.25) is 9.69 Å². The second kappa shape index (κ2) is 10.8. The number of rotatable bonds is 7. The third kappa shape index (κ3) is 5.81. The van der Waals surface area contributed by atoms with Gasteiger partial charge >= 0.3 is 5.97 Å². The van der Waals surface area contributed by atoms with Crippen molar-refractivity contribution in [3.05, 3.63) is 64.5 Å². The number of nitrogens with one attached hydrogen (secondary N) is 1. The summed E-state index contributed by atoms with van der Waals surface area (Å²) in [6.07, 6.45) is 1.67. The molecule has 1 aliphatic rings. The lowest BCUT2D eigenvalue weighted by Gasteiger charge is -2.31. The highest BCUT2D eigenvalue weighted by Crippen LogP contribution is 2.24. The number of hydrogen-bond donors (Lipinski definition) is 1. The van der Waals surface area contributed by atoms with Crippen molar-refractivity contribution in [2.45, 2.75) is 33.2 Å². The molecule has 2 heterocycles. The molecule has 0 spiro atoms. The molecule has 3 aromatic rings. The summed E-state index contributed by atoms with van der Waals surface area (Å²) in [4.78, 5) is 31.7. The van der Waals surface area contributed by atoms with E-state index in [1.165, 1.54) is 0 Å². The van der Waals surface area contributed by atoms with E-state index in [9.17, 15) is 9.59 Å². The van der Waals surface area contributed by atoms with Crippen LogP contribution in [0.3, 0.4) is 0 Å². The monoisotopic (exact) mass is 482 g/mol. The summed E-state index contributed by atoms with van der Waals surface area (Å²) in [5.41, 5.74) is 2.71. The van der Waals surface area contributed by atoms with Crippen molar-refractivity contribution in [3.8, 4) is 11.4 Å². The van der Waals surface area contributed by atoms with Gasteiger partial charge in [0.2, 0.25) is 17.6 Å². The lowest BCUT2D eigenvalue weighted by molar-refractivity contribution is -0.121. The number of amides is 1. The Morgan fingerprint density at radius 1 is 1.26 bits per heavy atom. The smallest absolute Gasteiger partial charge is 0.338 e. The summed E-state index contributed by atoms with van der Waals surface area (Å²) in [6.45, 7) is 5.84. The average molecular weight is 483 g/mol. The van der Waals surface area contributed by atoms with Gasteiger partial charge in [-0.25, -0.2) is 4.79 Å². The van der Waals surface area contributed by atoms with Crippen molar-refractivity contribution in [1.82, 2.24) is 15.0 Å². The van der Waals surface area contributed by atoms with Crippen LogP contribution in [-0.2, 0) is 16.1 Å². The van der Waals surface area contributed by atoms with E-state index in [2.05, 4.69) is 20.4 Å². The molecular formula is C25H27ClN4O4. The first-order valence-electron chi connectivity index (χ1n) is 11.3. The average Bonchev–Trinajstić information content (AvgIpc) is 3.29. The molecule has 8 nitrogen and oxygen atoms in total. The zero-order valence-electron chi connectivity index (χ0n) is 19.2. The van der Waals surface area contributed by atoms with E-state index in [0.29, 0.717) is 47.7 Å². The molecule has 9 heteroatoms. The van der Waals surface area contributed by atoms with Gasteiger partial charge in [-0.05, 0) is 63.1 Å². The molecule has 1 atom stereocenters. The summed E-state index contributed by atoms with van der Waals surface area (Å²) < 4.78 is 10.5. The highest BCUT2D eigenvalue weighted by Gasteiger charge is 2.27. The number of esters is 1. The zero-order chi connectivity index (χ0) is 24.1. The third-order valence-corrected chi connectivity index (χ3v) is 6.03. The van der Waals surface area contributed by atoms with Gasteiger partial charge in [-0.15, -0.1) is 0 Å². The number of carbonyl (C=O) groups excluding carboxylic acids is 2. The molecule has 178 valence electrons. The molecule has 1 aromatic heterocycles. The minimum atomic E-state index is -0.404. The van der Waals surface area contributed by atoms with Crippen LogP contribution in [-0.4, -0.2) is 46.6 Å². The van der Waals surface area contributed by atoms with Gasteiger partial charge in [-0.1, -0.05) is 35.0 Å². The predicted octanol–water partition coefficient (Wildman–Crippen LogP) is 4.73. The molecule has 0 saturated carbocycles. The first-order valence-corrected chi connectivity index (χ1v) is 11.7. The van der Waals surface area contributed by atoms with E-state index in [4.69, 9.17) is 20.9 Å². The molecule has 4 rings (SSSR count). The van der Waals surface area contributed by atoms with Crippen molar-refractivity contribution in [3.63, 3.8) is 0 Å². The Balaban J connectivity index is 1.38. The van der Waals surface area contributed by atoms with Gasteiger partial charge in [0.1, 0.15) is 0 Å². The lowest BCUT2D eigenvalue weighted by atomic mass is 9.96. The van der Waals surface area contributed by atoms with Crippen LogP contribution >= 0.6 is 11.6 Å². The number of halogens is 1. The van der Waals surface area contributed by atoms with Crippen LogP contribution in [0.4, 0.5) is 5.69 Å². The van der Waals surface area contributed by atoms with Gasteiger partial charge in [0.05, 0.1) is 24.6 Å². The molecule has 2 aromatic carbocycles. The largest absolute Gasteiger partial charge is 0.462 e. The Morgan fingerprint density at radius 3 is 2.91 bits per heavy atom. The summed E-state index contributed by atoms with van der Waals surface area (Å²) in [5, 5.41) is 7.66. The van der Waals surface area contributed by atoms with Crippen molar-refractivity contribution in [2.75, 3.05) is 25.0 Å². The molecule has 1 fully saturated rings. The Kier molecular flexibility index (Phi) is 7.59. The van der Waals surface area contributed by atoms with Crippen LogP contribution in [0.5, 0.6) is 0 Å². The second-order valence-electron chi connectivity index (χ2n) is 8.34. The van der Waals surface area contributed by atoms with Crippen LogP contribution in [0.2, 0.25) is 5.02 Å². The number of ether oxygens (including phenoxy) is 1. The maximum absolute atomic E-state index is 13.0. The highest BCUT2D eigenvalue weighted by atomic mass is 35.5. The minimum absolute atomic E-state index is 0.0704. The molecule has 0 radical (unpaired) electrons. The van der Waals surface area contributed by atoms with Crippen molar-refractivity contribution >= 4 is 29.2 Å². The van der Waals surface area contributed by atoms with Crippen molar-refractivity contribution in [2.24, 2.45) is 5.92 Å². The molecule has 0 aliphatic carbocycles. The number of carbonyl (C=O) groups is 2. The molecule has 1 N–H and O–H groups in total. The number of anilines is 1. The van der Waals surface area contributed by atoms with Crippen LogP contribution in [0.1, 0.15) is 41.6 Å². The number of benzene rings is 2. The van der Waals surface area contributed by atoms with E-state index < -0.39 is 5.97 Å². The SMILES string of the molecule is CCOC(=O)c1ccc(C)c(NC(=O)C2CCCN(Cc3nc(-c4cccc(Cl)c4)no3)C2)c1. The van der Waals surface area contributed by atoms with Gasteiger partial charge in [0.15, 0.2) is 0 Å². The quantitative estimate of drug-likeness (QED) is 0.486. The number of likely N-dealkylation sites (tertiary alicyclic amines) is 1. The first-order chi connectivity index (χ1) is 16.4. The molecule has 1 unspecified atom stereocenters. The first kappa shape index (κ1) is 23.9. The van der Waals surface area contributed by atoms with Crippen molar-refractivity contribution in [1.29, 1.82) is 0 Å². The summed E-state index contributed by atoms with van der Waals surface area (Å²) >= 11 is 6.05. The highest BCUT2D eigenvalue weighted by molar-refractivity contribution is 6.30. The third-order valence-electron chi connectivity index (χ3n) is 5.79. The predicted molar refractivity (Wildman–Crippen MR) is 129 cm³/mol. The number of piperidine rings is 1. The fourth-order valence-corrected chi connectivity index (χ4v) is 4.19. The standard InChI is InChI=1S/C25H27ClN4O4/c1-3-33-25(32)18-10-9-16(2)21(13-18)27-24(31)19-7-5-11-30(14-19)15-22-28-23(29-34-22)17-6-4-8-20(26)12-17/h4,6,8-10,12-13,19H,3,5,7,11,14-15H2,1-2H3,(H,27,31). The minimum Gasteiger partial charge on any atom is -0.462 e. The summed E-state index contributed by atoms with van der Waals surface area (Å²) in [6, 6.07) is 12.5. The van der Waals surface area contributed by atoms with Crippen LogP contribution in [0.15, 0.2) is 47.0 Å². The van der Waals surface area contributed by atoms with Crippen LogP contribution in [0, 0.1) is 12.8 Å². The molecule has 1 amide bonds. The normalized spacial score (nSPS) is 16.3. The molecule has 0 bridgehead atoms. The maximum Gasteiger partial charge on any atom is 0.338 e. The van der Waals surface area contributed by atoms with Gasteiger partial charge in [-0.2, -0.15) is 4.98 Å². The fraction of sp³-hybridized carbons (Fsp3) is 0.360. The molecule has 34 heavy (non-hydrogen) atoms. The van der Waals surface area contributed by atoms with Gasteiger partial charge in [0, 0.05) is 22.8 Å². The summed E-state index contributed by atoms with van der Waals surface area (Å²) in [5.74, 6) is 0.321. The van der Waals surface area contributed by atoms with E-state index in [-0.39, 0.29) is 11.8 Å². The molecule has 1 aliphatic heterocycles. The Hall–Kier alpha value is -3.23. The Labute approximate surface area is 203 Å². The lowest BCUT2D eigenvalue weighted by Crippen LogP contribution is -2.40.